The minimum absolute atomic E-state index is 0. The highest BCUT2D eigenvalue weighted by Gasteiger charge is 2.33. The summed E-state index contributed by atoms with van der Waals surface area (Å²) >= 11 is 1.82. The molecule has 3 heterocycles. The molecule has 0 unspecified atom stereocenters. The number of nitrogens with zero attached hydrogens (tertiary/aromatic N) is 2. The van der Waals surface area contributed by atoms with E-state index in [0.717, 1.165) is 45.7 Å². The molecule has 0 bridgehead atoms. The third-order valence-corrected chi connectivity index (χ3v) is 5.46. The lowest BCUT2D eigenvalue weighted by Crippen LogP contribution is -2.59. The van der Waals surface area contributed by atoms with Crippen molar-refractivity contribution in [3.8, 4) is 0 Å². The summed E-state index contributed by atoms with van der Waals surface area (Å²) in [4.78, 5) is 18.5. The maximum Gasteiger partial charge on any atom is 0.242 e. The maximum atomic E-state index is 12.6. The van der Waals surface area contributed by atoms with Crippen molar-refractivity contribution in [2.45, 2.75) is 25.5 Å². The molecule has 8 heteroatoms. The van der Waals surface area contributed by atoms with Crippen molar-refractivity contribution in [1.82, 2.24) is 15.1 Å². The number of thiophene rings is 1. The third-order valence-electron chi connectivity index (χ3n) is 4.52. The van der Waals surface area contributed by atoms with Gasteiger partial charge in [0.05, 0.1) is 12.7 Å². The molecule has 2 aliphatic heterocycles. The number of hydrogen-bond donors (Lipinski definition) is 1. The van der Waals surface area contributed by atoms with E-state index < -0.39 is 0 Å². The van der Waals surface area contributed by atoms with Crippen LogP contribution in [0.4, 0.5) is 0 Å². The Balaban J connectivity index is 0.00000144. The average Bonchev–Trinajstić information content (AvgIpc) is 3.07. The number of ether oxygens (including phenoxy) is 1. The summed E-state index contributed by atoms with van der Waals surface area (Å²) in [7, 11) is 0. The number of hydrogen-bond acceptors (Lipinski definition) is 5. The Morgan fingerprint density at radius 3 is 2.71 bits per heavy atom. The maximum absolute atomic E-state index is 12.6. The van der Waals surface area contributed by atoms with Crippen LogP contribution in [0, 0.1) is 0 Å². The molecule has 0 spiro atoms. The number of rotatable bonds is 4. The monoisotopic (exact) mass is 395 g/mol. The topological polar surface area (TPSA) is 44.8 Å². The first-order valence-electron chi connectivity index (χ1n) is 8.12. The predicted octanol–water partition coefficient (Wildman–Crippen LogP) is 1.66. The molecule has 2 atom stereocenters. The molecule has 2 aliphatic rings. The van der Waals surface area contributed by atoms with Crippen LogP contribution in [0.5, 0.6) is 0 Å². The number of halogens is 2. The Bertz CT molecular complexity index is 482. The molecule has 0 radical (unpaired) electrons. The fourth-order valence-corrected chi connectivity index (χ4v) is 3.82. The molecular formula is C16H27Cl2N3O2S. The van der Waals surface area contributed by atoms with Gasteiger partial charge in [-0.1, -0.05) is 6.07 Å². The number of carbonyl (C=O) groups is 1. The van der Waals surface area contributed by atoms with Crippen LogP contribution in [0.1, 0.15) is 11.8 Å². The van der Waals surface area contributed by atoms with Crippen LogP contribution in [-0.4, -0.2) is 73.7 Å². The Morgan fingerprint density at radius 1 is 1.33 bits per heavy atom. The first kappa shape index (κ1) is 21.7. The number of morpholine rings is 1. The van der Waals surface area contributed by atoms with Crippen molar-refractivity contribution in [1.29, 1.82) is 0 Å². The van der Waals surface area contributed by atoms with Gasteiger partial charge in [-0.25, -0.2) is 0 Å². The fraction of sp³-hybridized carbons (Fsp3) is 0.688. The molecule has 0 aliphatic carbocycles. The Kier molecular flexibility index (Phi) is 9.56. The molecule has 0 saturated carbocycles. The van der Waals surface area contributed by atoms with Gasteiger partial charge in [-0.15, -0.1) is 36.2 Å². The quantitative estimate of drug-likeness (QED) is 0.841. The number of carbonyl (C=O) groups excluding carboxylic acids is 1. The normalized spacial score (nSPS) is 24.8. The Morgan fingerprint density at radius 2 is 2.08 bits per heavy atom. The van der Waals surface area contributed by atoms with Crippen LogP contribution in [0.2, 0.25) is 0 Å². The van der Waals surface area contributed by atoms with Crippen LogP contribution < -0.4 is 5.32 Å². The van der Waals surface area contributed by atoms with Gasteiger partial charge in [0.1, 0.15) is 6.04 Å². The molecule has 0 aromatic carbocycles. The fourth-order valence-electron chi connectivity index (χ4n) is 3.12. The van der Waals surface area contributed by atoms with Gasteiger partial charge in [-0.2, -0.15) is 0 Å². The molecule has 3 rings (SSSR count). The van der Waals surface area contributed by atoms with Crippen LogP contribution in [-0.2, 0) is 16.0 Å². The van der Waals surface area contributed by atoms with E-state index >= 15 is 0 Å². The van der Waals surface area contributed by atoms with E-state index in [1.807, 2.05) is 23.2 Å². The minimum Gasteiger partial charge on any atom is -0.375 e. The van der Waals surface area contributed by atoms with Crippen LogP contribution >= 0.6 is 36.2 Å². The molecule has 2 fully saturated rings. The Labute approximate surface area is 160 Å². The summed E-state index contributed by atoms with van der Waals surface area (Å²) in [5.74, 6) is 0.199. The van der Waals surface area contributed by atoms with E-state index in [-0.39, 0.29) is 42.9 Å². The SMILES string of the molecule is C[C@H]1OCCN[C@@H]1C(=O)N1CCN(CCc2cccs2)CC1.Cl.Cl. The molecule has 1 aromatic rings. The van der Waals surface area contributed by atoms with Gasteiger partial charge in [-0.05, 0) is 24.8 Å². The Hall–Kier alpha value is -0.370. The second-order valence-corrected chi connectivity index (χ2v) is 7.04. The molecule has 5 nitrogen and oxygen atoms in total. The molecule has 138 valence electrons. The van der Waals surface area contributed by atoms with Gasteiger partial charge in [0, 0.05) is 44.1 Å². The summed E-state index contributed by atoms with van der Waals surface area (Å²) < 4.78 is 5.58. The minimum atomic E-state index is -0.175. The summed E-state index contributed by atoms with van der Waals surface area (Å²) in [5, 5.41) is 5.42. The zero-order valence-corrected chi connectivity index (χ0v) is 16.4. The number of amides is 1. The lowest BCUT2D eigenvalue weighted by molar-refractivity contribution is -0.141. The summed E-state index contributed by atoms with van der Waals surface area (Å²) in [6, 6.07) is 4.13. The molecule has 1 aromatic heterocycles. The van der Waals surface area contributed by atoms with Gasteiger partial charge in [-0.3, -0.25) is 9.69 Å². The van der Waals surface area contributed by atoms with E-state index in [4.69, 9.17) is 4.74 Å². The van der Waals surface area contributed by atoms with Gasteiger partial charge in [0.2, 0.25) is 5.91 Å². The lowest BCUT2D eigenvalue weighted by Gasteiger charge is -2.38. The lowest BCUT2D eigenvalue weighted by atomic mass is 10.1. The second kappa shape index (κ2) is 10.6. The predicted molar refractivity (Wildman–Crippen MR) is 103 cm³/mol. The summed E-state index contributed by atoms with van der Waals surface area (Å²) in [6.45, 7) is 8.12. The second-order valence-electron chi connectivity index (χ2n) is 6.00. The van der Waals surface area contributed by atoms with Crippen molar-refractivity contribution < 1.29 is 9.53 Å². The van der Waals surface area contributed by atoms with Crippen molar-refractivity contribution in [2.75, 3.05) is 45.9 Å². The van der Waals surface area contributed by atoms with Gasteiger partial charge in [0.25, 0.3) is 0 Å². The zero-order chi connectivity index (χ0) is 15.4. The first-order chi connectivity index (χ1) is 10.7. The standard InChI is InChI=1S/C16H25N3O2S.2ClH/c1-13-15(17-5-11-21-13)16(20)19-9-7-18(8-10-19)6-4-14-3-2-12-22-14;;/h2-3,12-13,15,17H,4-11H2,1H3;2*1H/t13-,15+;;/m1../s1. The highest BCUT2D eigenvalue weighted by atomic mass is 35.5. The molecule has 1 amide bonds. The van der Waals surface area contributed by atoms with Crippen molar-refractivity contribution in [2.24, 2.45) is 0 Å². The van der Waals surface area contributed by atoms with Crippen molar-refractivity contribution in [3.63, 3.8) is 0 Å². The highest BCUT2D eigenvalue weighted by Crippen LogP contribution is 2.13. The molecular weight excluding hydrogens is 369 g/mol. The average molecular weight is 396 g/mol. The van der Waals surface area contributed by atoms with Gasteiger partial charge in [0.15, 0.2) is 0 Å². The van der Waals surface area contributed by atoms with E-state index in [0.29, 0.717) is 6.61 Å². The summed E-state index contributed by atoms with van der Waals surface area (Å²) in [6.07, 6.45) is 1.08. The van der Waals surface area contributed by atoms with E-state index in [1.54, 1.807) is 0 Å². The molecule has 1 N–H and O–H groups in total. The van der Waals surface area contributed by atoms with Crippen LogP contribution in [0.15, 0.2) is 17.5 Å². The van der Waals surface area contributed by atoms with Gasteiger partial charge < -0.3 is 15.0 Å². The van der Waals surface area contributed by atoms with E-state index in [9.17, 15) is 4.79 Å². The number of nitrogens with one attached hydrogen (secondary N) is 1. The first-order valence-corrected chi connectivity index (χ1v) is 9.00. The smallest absolute Gasteiger partial charge is 0.242 e. The zero-order valence-electron chi connectivity index (χ0n) is 14.0. The van der Waals surface area contributed by atoms with Crippen molar-refractivity contribution >= 4 is 42.1 Å². The van der Waals surface area contributed by atoms with Crippen LogP contribution in [0.3, 0.4) is 0 Å². The molecule has 24 heavy (non-hydrogen) atoms. The summed E-state index contributed by atoms with van der Waals surface area (Å²) in [5.41, 5.74) is 0. The van der Waals surface area contributed by atoms with Crippen molar-refractivity contribution in [3.05, 3.63) is 22.4 Å². The van der Waals surface area contributed by atoms with E-state index in [1.165, 1.54) is 4.88 Å². The third kappa shape index (κ3) is 5.58. The van der Waals surface area contributed by atoms with Gasteiger partial charge >= 0.3 is 0 Å². The highest BCUT2D eigenvalue weighted by molar-refractivity contribution is 7.09. The largest absolute Gasteiger partial charge is 0.375 e. The molecule has 2 saturated heterocycles. The number of piperazine rings is 1. The van der Waals surface area contributed by atoms with Crippen LogP contribution in [0.25, 0.3) is 0 Å². The van der Waals surface area contributed by atoms with E-state index in [2.05, 4.69) is 27.7 Å².